The molecule has 0 spiro atoms. The van der Waals surface area contributed by atoms with Crippen molar-refractivity contribution in [2.45, 2.75) is 58.0 Å². The Balaban J connectivity index is 2.25. The predicted molar refractivity (Wildman–Crippen MR) is 50.7 cm³/mol. The van der Waals surface area contributed by atoms with Crippen LogP contribution in [0.5, 0.6) is 0 Å². The number of hydrogen-bond acceptors (Lipinski definition) is 3. The first-order chi connectivity index (χ1) is 6.08. The number of aliphatic hydroxyl groups excluding tert-OH is 1. The van der Waals surface area contributed by atoms with E-state index in [9.17, 15) is 0 Å². The average Bonchev–Trinajstić information content (AvgIpc) is 1.99. The van der Waals surface area contributed by atoms with Crippen LogP contribution >= 0.6 is 0 Å². The van der Waals surface area contributed by atoms with E-state index < -0.39 is 0 Å². The highest BCUT2D eigenvalue weighted by Gasteiger charge is 2.24. The number of rotatable bonds is 3. The summed E-state index contributed by atoms with van der Waals surface area (Å²) in [6, 6.07) is 0. The van der Waals surface area contributed by atoms with Gasteiger partial charge in [0.25, 0.3) is 0 Å². The van der Waals surface area contributed by atoms with Gasteiger partial charge in [-0.1, -0.05) is 0 Å². The molecule has 2 unspecified atom stereocenters. The third-order valence-electron chi connectivity index (χ3n) is 2.23. The average molecular weight is 188 g/mol. The maximum atomic E-state index is 9.06. The Morgan fingerprint density at radius 1 is 1.38 bits per heavy atom. The molecule has 1 rings (SSSR count). The molecule has 1 N–H and O–H groups in total. The molecule has 0 aromatic carbocycles. The molecule has 3 atom stereocenters. The van der Waals surface area contributed by atoms with Gasteiger partial charge in [-0.2, -0.15) is 0 Å². The van der Waals surface area contributed by atoms with Crippen LogP contribution < -0.4 is 0 Å². The molecule has 1 saturated heterocycles. The largest absolute Gasteiger partial charge is 0.391 e. The molecule has 13 heavy (non-hydrogen) atoms. The van der Waals surface area contributed by atoms with Gasteiger partial charge in [0.1, 0.15) is 0 Å². The molecule has 0 radical (unpaired) electrons. The van der Waals surface area contributed by atoms with Gasteiger partial charge in [0, 0.05) is 0 Å². The SMILES string of the molecule is CC1CC(OC[C@H](C)O)CC(C)O1. The summed E-state index contributed by atoms with van der Waals surface area (Å²) in [6.07, 6.45) is 2.33. The van der Waals surface area contributed by atoms with Crippen molar-refractivity contribution in [2.24, 2.45) is 0 Å². The van der Waals surface area contributed by atoms with Crippen LogP contribution in [0.4, 0.5) is 0 Å². The van der Waals surface area contributed by atoms with E-state index in [1.807, 2.05) is 0 Å². The van der Waals surface area contributed by atoms with Crippen LogP contribution in [-0.4, -0.2) is 36.1 Å². The molecule has 1 heterocycles. The summed E-state index contributed by atoms with van der Waals surface area (Å²) < 4.78 is 11.1. The van der Waals surface area contributed by atoms with Gasteiger partial charge < -0.3 is 14.6 Å². The number of aliphatic hydroxyl groups is 1. The summed E-state index contributed by atoms with van der Waals surface area (Å²) in [7, 11) is 0. The maximum Gasteiger partial charge on any atom is 0.0745 e. The minimum atomic E-state index is -0.367. The van der Waals surface area contributed by atoms with Crippen LogP contribution in [0, 0.1) is 0 Å². The highest BCUT2D eigenvalue weighted by molar-refractivity contribution is 4.73. The van der Waals surface area contributed by atoms with E-state index in [0.29, 0.717) is 6.61 Å². The molecule has 1 aliphatic rings. The summed E-state index contributed by atoms with van der Waals surface area (Å²) in [6.45, 7) is 6.30. The molecular formula is C10H20O3. The fourth-order valence-electron chi connectivity index (χ4n) is 1.76. The first-order valence-corrected chi connectivity index (χ1v) is 5.03. The van der Waals surface area contributed by atoms with Crippen molar-refractivity contribution in [3.8, 4) is 0 Å². The van der Waals surface area contributed by atoms with Crippen molar-refractivity contribution < 1.29 is 14.6 Å². The van der Waals surface area contributed by atoms with Gasteiger partial charge in [-0.05, 0) is 33.6 Å². The molecule has 3 heteroatoms. The van der Waals surface area contributed by atoms with Gasteiger partial charge in [-0.25, -0.2) is 0 Å². The van der Waals surface area contributed by atoms with E-state index >= 15 is 0 Å². The van der Waals surface area contributed by atoms with Crippen LogP contribution in [-0.2, 0) is 9.47 Å². The van der Waals surface area contributed by atoms with E-state index in [0.717, 1.165) is 12.8 Å². The minimum Gasteiger partial charge on any atom is -0.391 e. The van der Waals surface area contributed by atoms with Crippen molar-refractivity contribution in [2.75, 3.05) is 6.61 Å². The van der Waals surface area contributed by atoms with Crippen molar-refractivity contribution in [3.63, 3.8) is 0 Å². The second-order valence-electron chi connectivity index (χ2n) is 4.03. The molecule has 0 aromatic heterocycles. The van der Waals surface area contributed by atoms with Crippen LogP contribution in [0.25, 0.3) is 0 Å². The Morgan fingerprint density at radius 2 is 1.92 bits per heavy atom. The first kappa shape index (κ1) is 11.0. The molecule has 0 bridgehead atoms. The van der Waals surface area contributed by atoms with Gasteiger partial charge in [0.2, 0.25) is 0 Å². The highest BCUT2D eigenvalue weighted by Crippen LogP contribution is 2.21. The molecule has 78 valence electrons. The van der Waals surface area contributed by atoms with Crippen LogP contribution in [0.2, 0.25) is 0 Å². The minimum absolute atomic E-state index is 0.258. The lowest BCUT2D eigenvalue weighted by Gasteiger charge is -2.32. The van der Waals surface area contributed by atoms with E-state index in [1.165, 1.54) is 0 Å². The van der Waals surface area contributed by atoms with Crippen LogP contribution in [0.1, 0.15) is 33.6 Å². The third kappa shape index (κ3) is 4.07. The van der Waals surface area contributed by atoms with E-state index in [1.54, 1.807) is 6.92 Å². The Labute approximate surface area is 80.0 Å². The Bertz CT molecular complexity index is 137. The molecule has 1 fully saturated rings. The lowest BCUT2D eigenvalue weighted by molar-refractivity contribution is -0.112. The monoisotopic (exact) mass is 188 g/mol. The van der Waals surface area contributed by atoms with Crippen molar-refractivity contribution in [1.29, 1.82) is 0 Å². The number of hydrogen-bond donors (Lipinski definition) is 1. The molecular weight excluding hydrogens is 168 g/mol. The number of ether oxygens (including phenoxy) is 2. The second-order valence-corrected chi connectivity index (χ2v) is 4.03. The summed E-state index contributed by atoms with van der Waals surface area (Å²) in [5, 5.41) is 9.06. The van der Waals surface area contributed by atoms with Gasteiger partial charge >= 0.3 is 0 Å². The molecule has 0 aliphatic carbocycles. The predicted octanol–water partition coefficient (Wildman–Crippen LogP) is 1.34. The van der Waals surface area contributed by atoms with Gasteiger partial charge in [-0.3, -0.25) is 0 Å². The first-order valence-electron chi connectivity index (χ1n) is 5.03. The third-order valence-corrected chi connectivity index (χ3v) is 2.23. The summed E-state index contributed by atoms with van der Waals surface area (Å²) >= 11 is 0. The quantitative estimate of drug-likeness (QED) is 0.726. The molecule has 0 aromatic rings. The second kappa shape index (κ2) is 4.94. The molecule has 1 aliphatic heterocycles. The zero-order valence-electron chi connectivity index (χ0n) is 8.69. The van der Waals surface area contributed by atoms with Crippen molar-refractivity contribution in [1.82, 2.24) is 0 Å². The van der Waals surface area contributed by atoms with Gasteiger partial charge in [0.15, 0.2) is 0 Å². The fraction of sp³-hybridized carbons (Fsp3) is 1.00. The maximum absolute atomic E-state index is 9.06. The topological polar surface area (TPSA) is 38.7 Å². The van der Waals surface area contributed by atoms with E-state index in [-0.39, 0.29) is 24.4 Å². The van der Waals surface area contributed by atoms with Crippen molar-refractivity contribution in [3.05, 3.63) is 0 Å². The smallest absolute Gasteiger partial charge is 0.0745 e. The Hall–Kier alpha value is -0.120. The molecule has 0 amide bonds. The van der Waals surface area contributed by atoms with E-state index in [4.69, 9.17) is 14.6 Å². The Kier molecular flexibility index (Phi) is 4.16. The lowest BCUT2D eigenvalue weighted by atomic mass is 10.0. The summed E-state index contributed by atoms with van der Waals surface area (Å²) in [4.78, 5) is 0. The van der Waals surface area contributed by atoms with Crippen LogP contribution in [0.15, 0.2) is 0 Å². The van der Waals surface area contributed by atoms with E-state index in [2.05, 4.69) is 13.8 Å². The molecule has 3 nitrogen and oxygen atoms in total. The summed E-state index contributed by atoms with van der Waals surface area (Å²) in [5.74, 6) is 0. The standard InChI is InChI=1S/C10H20O3/c1-7(11)6-12-10-4-8(2)13-9(3)5-10/h7-11H,4-6H2,1-3H3/t7-,8?,9?,10?/m0/s1. The molecule has 0 saturated carbocycles. The van der Waals surface area contributed by atoms with Crippen molar-refractivity contribution >= 4 is 0 Å². The van der Waals surface area contributed by atoms with Gasteiger partial charge in [0.05, 0.1) is 31.0 Å². The summed E-state index contributed by atoms with van der Waals surface area (Å²) in [5.41, 5.74) is 0. The van der Waals surface area contributed by atoms with Gasteiger partial charge in [-0.15, -0.1) is 0 Å². The lowest BCUT2D eigenvalue weighted by Crippen LogP contribution is -2.35. The Morgan fingerprint density at radius 3 is 2.38 bits per heavy atom. The normalized spacial score (nSPS) is 37.4. The zero-order valence-corrected chi connectivity index (χ0v) is 8.69. The highest BCUT2D eigenvalue weighted by atomic mass is 16.5. The zero-order chi connectivity index (χ0) is 9.84. The van der Waals surface area contributed by atoms with Crippen LogP contribution in [0.3, 0.4) is 0 Å². The fourth-order valence-corrected chi connectivity index (χ4v) is 1.76.